The molecule has 3 aromatic rings. The summed E-state index contributed by atoms with van der Waals surface area (Å²) < 4.78 is 25.1. The van der Waals surface area contributed by atoms with E-state index in [1.807, 2.05) is 19.1 Å². The third-order valence-electron chi connectivity index (χ3n) is 4.05. The Morgan fingerprint density at radius 3 is 2.57 bits per heavy atom. The lowest BCUT2D eigenvalue weighted by Crippen LogP contribution is -2.23. The first-order valence-electron chi connectivity index (χ1n) is 8.97. The molecule has 0 radical (unpaired) electrons. The van der Waals surface area contributed by atoms with Crippen molar-refractivity contribution in [3.63, 3.8) is 0 Å². The van der Waals surface area contributed by atoms with Crippen molar-refractivity contribution in [2.45, 2.75) is 20.1 Å². The van der Waals surface area contributed by atoms with Crippen molar-refractivity contribution in [2.75, 3.05) is 6.61 Å². The number of hydrogen-bond acceptors (Lipinski definition) is 4. The number of aromatic nitrogens is 1. The van der Waals surface area contributed by atoms with Gasteiger partial charge in [-0.1, -0.05) is 18.2 Å². The molecular formula is C22H21FN2O3. The first-order chi connectivity index (χ1) is 13.7. The number of benzene rings is 2. The number of nitrogens with one attached hydrogen (secondary N) is 1. The number of nitrogens with zero attached hydrogens (tertiary/aromatic N) is 1. The molecule has 1 amide bonds. The molecule has 6 heteroatoms. The number of rotatable bonds is 8. The third kappa shape index (κ3) is 5.07. The van der Waals surface area contributed by atoms with Crippen LogP contribution in [0.3, 0.4) is 0 Å². The molecule has 3 rings (SSSR count). The summed E-state index contributed by atoms with van der Waals surface area (Å²) in [6.07, 6.45) is 3.40. The van der Waals surface area contributed by atoms with Crippen molar-refractivity contribution in [2.24, 2.45) is 0 Å². The van der Waals surface area contributed by atoms with Crippen molar-refractivity contribution in [3.8, 4) is 11.5 Å². The molecule has 0 aliphatic carbocycles. The van der Waals surface area contributed by atoms with Crippen LogP contribution in [0.2, 0.25) is 0 Å². The summed E-state index contributed by atoms with van der Waals surface area (Å²) in [6, 6.07) is 15.1. The molecule has 0 bridgehead atoms. The average molecular weight is 380 g/mol. The zero-order valence-electron chi connectivity index (χ0n) is 15.5. The zero-order valence-corrected chi connectivity index (χ0v) is 15.5. The highest BCUT2D eigenvalue weighted by Crippen LogP contribution is 2.29. The first-order valence-corrected chi connectivity index (χ1v) is 8.97. The predicted octanol–water partition coefficient (Wildman–Crippen LogP) is 4.13. The number of carbonyl (C=O) groups excluding carboxylic acids is 1. The van der Waals surface area contributed by atoms with Gasteiger partial charge in [0.25, 0.3) is 5.91 Å². The fourth-order valence-electron chi connectivity index (χ4n) is 2.60. The second-order valence-electron chi connectivity index (χ2n) is 6.01. The molecule has 1 N–H and O–H groups in total. The van der Waals surface area contributed by atoms with Crippen molar-refractivity contribution < 1.29 is 18.7 Å². The fourth-order valence-corrected chi connectivity index (χ4v) is 2.60. The van der Waals surface area contributed by atoms with Gasteiger partial charge in [0.15, 0.2) is 11.5 Å². The van der Waals surface area contributed by atoms with Crippen LogP contribution in [0.25, 0.3) is 0 Å². The predicted molar refractivity (Wildman–Crippen MR) is 104 cm³/mol. The van der Waals surface area contributed by atoms with Crippen molar-refractivity contribution in [1.29, 1.82) is 0 Å². The summed E-state index contributed by atoms with van der Waals surface area (Å²) in [7, 11) is 0. The van der Waals surface area contributed by atoms with Gasteiger partial charge in [0.1, 0.15) is 12.4 Å². The topological polar surface area (TPSA) is 60.5 Å². The van der Waals surface area contributed by atoms with Crippen LogP contribution in [-0.2, 0) is 13.2 Å². The first kappa shape index (κ1) is 19.4. The molecule has 0 saturated heterocycles. The van der Waals surface area contributed by atoms with Gasteiger partial charge in [0, 0.05) is 30.1 Å². The van der Waals surface area contributed by atoms with Crippen LogP contribution >= 0.6 is 0 Å². The van der Waals surface area contributed by atoms with E-state index in [2.05, 4.69) is 10.3 Å². The van der Waals surface area contributed by atoms with E-state index in [-0.39, 0.29) is 18.3 Å². The maximum absolute atomic E-state index is 13.7. The smallest absolute Gasteiger partial charge is 0.251 e. The second kappa shape index (κ2) is 9.50. The Labute approximate surface area is 163 Å². The molecule has 144 valence electrons. The van der Waals surface area contributed by atoms with Gasteiger partial charge < -0.3 is 14.8 Å². The van der Waals surface area contributed by atoms with Gasteiger partial charge in [-0.15, -0.1) is 0 Å². The number of halogens is 1. The number of ether oxygens (including phenoxy) is 2. The Balaban J connectivity index is 1.68. The van der Waals surface area contributed by atoms with Crippen LogP contribution in [0, 0.1) is 5.82 Å². The molecule has 28 heavy (non-hydrogen) atoms. The Bertz CT molecular complexity index is 932. The second-order valence-corrected chi connectivity index (χ2v) is 6.01. The van der Waals surface area contributed by atoms with Crippen molar-refractivity contribution in [1.82, 2.24) is 10.3 Å². The number of pyridine rings is 1. The molecule has 5 nitrogen and oxygen atoms in total. The third-order valence-corrected chi connectivity index (χ3v) is 4.05. The Morgan fingerprint density at radius 1 is 1.04 bits per heavy atom. The molecule has 0 aliphatic rings. The van der Waals surface area contributed by atoms with Crippen LogP contribution in [0.1, 0.15) is 28.4 Å². The number of carbonyl (C=O) groups is 1. The Hall–Kier alpha value is -3.41. The highest BCUT2D eigenvalue weighted by Gasteiger charge is 2.12. The quantitative estimate of drug-likeness (QED) is 0.638. The van der Waals surface area contributed by atoms with Gasteiger partial charge >= 0.3 is 0 Å². The molecule has 0 atom stereocenters. The summed E-state index contributed by atoms with van der Waals surface area (Å²) in [6.45, 7) is 2.76. The SMILES string of the molecule is CCOc1cc(C(=O)NCc2ccccc2F)ccc1OCc1ccncc1. The largest absolute Gasteiger partial charge is 0.490 e. The van der Waals surface area contributed by atoms with Gasteiger partial charge in [-0.3, -0.25) is 9.78 Å². The molecule has 0 fully saturated rings. The van der Waals surface area contributed by atoms with Crippen LogP contribution < -0.4 is 14.8 Å². The zero-order chi connectivity index (χ0) is 19.8. The lowest BCUT2D eigenvalue weighted by Gasteiger charge is -2.14. The molecule has 0 aliphatic heterocycles. The molecule has 1 heterocycles. The van der Waals surface area contributed by atoms with Gasteiger partial charge in [-0.05, 0) is 48.9 Å². The molecule has 0 spiro atoms. The molecular weight excluding hydrogens is 359 g/mol. The highest BCUT2D eigenvalue weighted by atomic mass is 19.1. The monoisotopic (exact) mass is 380 g/mol. The normalized spacial score (nSPS) is 10.4. The maximum atomic E-state index is 13.7. The van der Waals surface area contributed by atoms with Crippen LogP contribution in [-0.4, -0.2) is 17.5 Å². The van der Waals surface area contributed by atoms with E-state index >= 15 is 0 Å². The van der Waals surface area contributed by atoms with Gasteiger partial charge in [0.2, 0.25) is 0 Å². The van der Waals surface area contributed by atoms with Crippen LogP contribution in [0.5, 0.6) is 11.5 Å². The summed E-state index contributed by atoms with van der Waals surface area (Å²) in [4.78, 5) is 16.4. The Morgan fingerprint density at radius 2 is 1.82 bits per heavy atom. The maximum Gasteiger partial charge on any atom is 0.251 e. The van der Waals surface area contributed by atoms with Crippen LogP contribution in [0.15, 0.2) is 67.0 Å². The van der Waals surface area contributed by atoms with Gasteiger partial charge in [0.05, 0.1) is 6.61 Å². The molecule has 0 unspecified atom stereocenters. The van der Waals surface area contributed by atoms with E-state index < -0.39 is 0 Å². The van der Waals surface area contributed by atoms with Gasteiger partial charge in [-0.25, -0.2) is 4.39 Å². The number of hydrogen-bond donors (Lipinski definition) is 1. The van der Waals surface area contributed by atoms with Crippen molar-refractivity contribution >= 4 is 5.91 Å². The number of amides is 1. The minimum atomic E-state index is -0.349. The van der Waals surface area contributed by atoms with Gasteiger partial charge in [-0.2, -0.15) is 0 Å². The molecule has 0 saturated carbocycles. The average Bonchev–Trinajstić information content (AvgIpc) is 2.73. The van der Waals surface area contributed by atoms with Crippen LogP contribution in [0.4, 0.5) is 4.39 Å². The van der Waals surface area contributed by atoms with E-state index in [1.54, 1.807) is 48.8 Å². The summed E-state index contributed by atoms with van der Waals surface area (Å²) in [5, 5.41) is 2.72. The standard InChI is InChI=1S/C22H21FN2O3/c1-2-27-21-13-17(22(26)25-14-18-5-3-4-6-19(18)23)7-8-20(21)28-15-16-9-11-24-12-10-16/h3-13H,2,14-15H2,1H3,(H,25,26). The van der Waals surface area contributed by atoms with Crippen molar-refractivity contribution in [3.05, 3.63) is 89.5 Å². The lowest BCUT2D eigenvalue weighted by atomic mass is 10.1. The summed E-state index contributed by atoms with van der Waals surface area (Å²) >= 11 is 0. The highest BCUT2D eigenvalue weighted by molar-refractivity contribution is 5.94. The van der Waals surface area contributed by atoms with E-state index in [4.69, 9.17) is 9.47 Å². The molecule has 1 aromatic heterocycles. The summed E-state index contributed by atoms with van der Waals surface area (Å²) in [5.41, 5.74) is 1.82. The minimum Gasteiger partial charge on any atom is -0.490 e. The van der Waals surface area contributed by atoms with E-state index in [1.165, 1.54) is 6.07 Å². The van der Waals surface area contributed by atoms with E-state index in [0.29, 0.717) is 35.8 Å². The molecule has 2 aromatic carbocycles. The minimum absolute atomic E-state index is 0.107. The van der Waals surface area contributed by atoms with E-state index in [9.17, 15) is 9.18 Å². The van der Waals surface area contributed by atoms with E-state index in [0.717, 1.165) is 5.56 Å². The lowest BCUT2D eigenvalue weighted by molar-refractivity contribution is 0.0950. The fraction of sp³-hybridized carbons (Fsp3) is 0.182. The summed E-state index contributed by atoms with van der Waals surface area (Å²) in [5.74, 6) is 0.363. The Kier molecular flexibility index (Phi) is 6.57.